The summed E-state index contributed by atoms with van der Waals surface area (Å²) in [4.78, 5) is 19.3. The van der Waals surface area contributed by atoms with Crippen molar-refractivity contribution in [1.82, 2.24) is 14.5 Å². The first-order valence-electron chi connectivity index (χ1n) is 10.4. The number of anilines is 2. The van der Waals surface area contributed by atoms with Gasteiger partial charge in [0.25, 0.3) is 0 Å². The second kappa shape index (κ2) is 9.72. The fraction of sp³-hybridized carbons (Fsp3) is 0.167. The number of hydrogen-bond donors (Lipinski definition) is 1. The molecule has 4 aromatic rings. The molecule has 11 heteroatoms. The Kier molecular flexibility index (Phi) is 6.55. The van der Waals surface area contributed by atoms with Gasteiger partial charge in [0.15, 0.2) is 0 Å². The van der Waals surface area contributed by atoms with E-state index in [0.29, 0.717) is 11.3 Å². The van der Waals surface area contributed by atoms with Crippen molar-refractivity contribution in [3.8, 4) is 29.4 Å². The van der Waals surface area contributed by atoms with Crippen LogP contribution < -0.4 is 10.1 Å². The molecule has 0 bridgehead atoms. The monoisotopic (exact) mass is 481 g/mol. The van der Waals surface area contributed by atoms with Crippen LogP contribution in [0.1, 0.15) is 17.5 Å². The predicted octanol–water partition coefficient (Wildman–Crippen LogP) is 5.67. The van der Waals surface area contributed by atoms with Gasteiger partial charge in [-0.05, 0) is 18.4 Å². The maximum absolute atomic E-state index is 14.0. The summed E-state index contributed by atoms with van der Waals surface area (Å²) in [7, 11) is 1.34. The van der Waals surface area contributed by atoms with Gasteiger partial charge in [0, 0.05) is 51.2 Å². The lowest BCUT2D eigenvalue weighted by atomic mass is 10.0. The van der Waals surface area contributed by atoms with Crippen LogP contribution >= 0.6 is 0 Å². The Labute approximate surface area is 197 Å². The number of halogens is 3. The highest BCUT2D eigenvalue weighted by molar-refractivity contribution is 5.98. The third kappa shape index (κ3) is 4.21. The molecule has 3 heterocycles. The lowest BCUT2D eigenvalue weighted by Crippen LogP contribution is -2.05. The van der Waals surface area contributed by atoms with Gasteiger partial charge >= 0.3 is 5.69 Å². The molecule has 5 rings (SSSR count). The van der Waals surface area contributed by atoms with E-state index in [4.69, 9.17) is 20.3 Å². The number of para-hydroxylation sites is 1. The highest BCUT2D eigenvalue weighted by Gasteiger charge is 2.22. The van der Waals surface area contributed by atoms with E-state index in [-0.39, 0.29) is 17.4 Å². The van der Waals surface area contributed by atoms with Crippen molar-refractivity contribution in [2.45, 2.75) is 19.4 Å². The van der Waals surface area contributed by atoms with Gasteiger partial charge in [-0.1, -0.05) is 24.1 Å². The van der Waals surface area contributed by atoms with Crippen LogP contribution in [0.4, 0.5) is 30.9 Å². The number of aryl methyl sites for hydroxylation is 2. The standard InChI is InChI=1S/C24H18FN5O3.F2/c1-3-14-12-26-24(27-19-11-20(30(31)32)18(25)10-21(19)33-2)28-22(14)17-13-29-9-5-7-15-6-4-8-16(17)23(15)29;1-2/h1,4,6,8,10-13H,5,7,9H2,2H3,(H,26,27,28);. The number of terminal acetylenes is 1. The zero-order valence-corrected chi connectivity index (χ0v) is 18.4. The molecule has 0 amide bonds. The Bertz CT molecular complexity index is 1480. The SMILES string of the molecule is C#Cc1cnc(Nc2cc([N+](=O)[O-])c(F)cc2OC)nc1-c1cn2c3c(cccc13)CCC2.FF. The summed E-state index contributed by atoms with van der Waals surface area (Å²) in [5.41, 5.74) is 3.88. The summed E-state index contributed by atoms with van der Waals surface area (Å²) in [6, 6.07) is 8.19. The van der Waals surface area contributed by atoms with Crippen LogP contribution in [0.5, 0.6) is 5.75 Å². The number of nitro benzene ring substituents is 1. The Morgan fingerprint density at radius 2 is 2.11 bits per heavy atom. The summed E-state index contributed by atoms with van der Waals surface area (Å²) in [5, 5.41) is 15.1. The summed E-state index contributed by atoms with van der Waals surface area (Å²) in [6.07, 6.45) is 11.4. The van der Waals surface area contributed by atoms with E-state index in [1.807, 2.05) is 18.3 Å². The largest absolute Gasteiger partial charge is 0.494 e. The molecule has 0 unspecified atom stereocenters. The molecule has 0 atom stereocenters. The Morgan fingerprint density at radius 1 is 1.31 bits per heavy atom. The van der Waals surface area contributed by atoms with Crippen LogP contribution in [-0.4, -0.2) is 26.6 Å². The average Bonchev–Trinajstić information content (AvgIpc) is 3.26. The van der Waals surface area contributed by atoms with Crippen molar-refractivity contribution in [3.63, 3.8) is 0 Å². The number of nitro groups is 1. The van der Waals surface area contributed by atoms with Gasteiger partial charge in [0.05, 0.1) is 34.5 Å². The molecule has 1 aliphatic rings. The molecule has 0 spiro atoms. The maximum atomic E-state index is 14.0. The number of benzene rings is 2. The second-order valence-corrected chi connectivity index (χ2v) is 7.64. The molecular formula is C24H18F3N5O3. The minimum Gasteiger partial charge on any atom is -0.494 e. The lowest BCUT2D eigenvalue weighted by molar-refractivity contribution is -0.387. The Hall–Kier alpha value is -4.59. The topological polar surface area (TPSA) is 95.1 Å². The number of rotatable bonds is 5. The minimum absolute atomic E-state index is 0.0800. The first-order valence-corrected chi connectivity index (χ1v) is 10.4. The molecule has 1 aliphatic heterocycles. The average molecular weight is 481 g/mol. The van der Waals surface area contributed by atoms with Crippen molar-refractivity contribution < 1.29 is 23.2 Å². The number of aromatic nitrogens is 3. The van der Waals surface area contributed by atoms with Crippen LogP contribution in [-0.2, 0) is 13.0 Å². The van der Waals surface area contributed by atoms with E-state index in [1.165, 1.54) is 24.4 Å². The van der Waals surface area contributed by atoms with Crippen LogP contribution in [0.15, 0.2) is 42.7 Å². The van der Waals surface area contributed by atoms with Crippen molar-refractivity contribution in [1.29, 1.82) is 0 Å². The number of hydrogen-bond acceptors (Lipinski definition) is 6. The summed E-state index contributed by atoms with van der Waals surface area (Å²) in [6.45, 7) is 0.908. The van der Waals surface area contributed by atoms with E-state index >= 15 is 0 Å². The van der Waals surface area contributed by atoms with Crippen LogP contribution in [0.3, 0.4) is 0 Å². The Morgan fingerprint density at radius 3 is 2.83 bits per heavy atom. The van der Waals surface area contributed by atoms with E-state index in [0.717, 1.165) is 42.5 Å². The zero-order valence-electron chi connectivity index (χ0n) is 18.4. The minimum atomic E-state index is -0.999. The molecule has 178 valence electrons. The van der Waals surface area contributed by atoms with E-state index in [9.17, 15) is 14.5 Å². The van der Waals surface area contributed by atoms with E-state index in [1.54, 1.807) is 0 Å². The molecule has 1 N–H and O–H groups in total. The zero-order chi connectivity index (χ0) is 25.1. The number of nitrogens with one attached hydrogen (secondary N) is 1. The third-order valence-electron chi connectivity index (χ3n) is 5.74. The third-order valence-corrected chi connectivity index (χ3v) is 5.74. The fourth-order valence-electron chi connectivity index (χ4n) is 4.27. The molecule has 0 saturated heterocycles. The molecule has 35 heavy (non-hydrogen) atoms. The molecule has 2 aromatic carbocycles. The van der Waals surface area contributed by atoms with Gasteiger partial charge in [-0.25, -0.2) is 9.97 Å². The second-order valence-electron chi connectivity index (χ2n) is 7.64. The number of ether oxygens (including phenoxy) is 1. The summed E-state index contributed by atoms with van der Waals surface area (Å²) >= 11 is 0. The van der Waals surface area contributed by atoms with Crippen LogP contribution in [0.2, 0.25) is 0 Å². The maximum Gasteiger partial charge on any atom is 0.307 e. The van der Waals surface area contributed by atoms with Crippen LogP contribution in [0.25, 0.3) is 22.2 Å². The first kappa shape index (κ1) is 23.6. The number of nitrogens with zero attached hydrogens (tertiary/aromatic N) is 4. The molecule has 2 aromatic heterocycles. The Balaban J connectivity index is 0.00000141. The molecule has 0 aliphatic carbocycles. The van der Waals surface area contributed by atoms with Crippen molar-refractivity contribution in [2.24, 2.45) is 0 Å². The molecule has 0 radical (unpaired) electrons. The summed E-state index contributed by atoms with van der Waals surface area (Å²) in [5.74, 6) is 1.86. The first-order chi connectivity index (χ1) is 17.0. The smallest absolute Gasteiger partial charge is 0.307 e. The molecular weight excluding hydrogens is 463 g/mol. The van der Waals surface area contributed by atoms with E-state index in [2.05, 4.69) is 31.8 Å². The highest BCUT2D eigenvalue weighted by atomic mass is 20.0. The van der Waals surface area contributed by atoms with Crippen LogP contribution in [0, 0.1) is 28.3 Å². The van der Waals surface area contributed by atoms with E-state index < -0.39 is 16.4 Å². The molecule has 0 fully saturated rings. The quantitative estimate of drug-likeness (QED) is 0.224. The van der Waals surface area contributed by atoms with Gasteiger partial charge in [-0.2, -0.15) is 4.39 Å². The lowest BCUT2D eigenvalue weighted by Gasteiger charge is -2.14. The van der Waals surface area contributed by atoms with Gasteiger partial charge in [0.1, 0.15) is 5.75 Å². The predicted molar refractivity (Wildman–Crippen MR) is 124 cm³/mol. The fourth-order valence-corrected chi connectivity index (χ4v) is 4.27. The highest BCUT2D eigenvalue weighted by Crippen LogP contribution is 2.37. The van der Waals surface area contributed by atoms with Gasteiger partial charge in [-0.3, -0.25) is 10.1 Å². The van der Waals surface area contributed by atoms with Gasteiger partial charge < -0.3 is 14.6 Å². The van der Waals surface area contributed by atoms with Gasteiger partial charge in [0.2, 0.25) is 11.8 Å². The molecule has 0 saturated carbocycles. The normalized spacial score (nSPS) is 11.9. The number of methoxy groups -OCH3 is 1. The summed E-state index contributed by atoms with van der Waals surface area (Å²) < 4.78 is 37.4. The van der Waals surface area contributed by atoms with Gasteiger partial charge in [-0.15, -0.1) is 6.42 Å². The van der Waals surface area contributed by atoms with Crippen molar-refractivity contribution >= 4 is 28.2 Å². The van der Waals surface area contributed by atoms with Crippen molar-refractivity contribution in [3.05, 3.63) is 69.8 Å². The molecule has 8 nitrogen and oxygen atoms in total. The van der Waals surface area contributed by atoms with Crippen molar-refractivity contribution in [2.75, 3.05) is 12.4 Å².